The Kier molecular flexibility index (Phi) is 5.47. The summed E-state index contributed by atoms with van der Waals surface area (Å²) < 4.78 is 7.23. The summed E-state index contributed by atoms with van der Waals surface area (Å²) in [6.07, 6.45) is 2.34. The number of rotatable bonds is 6. The van der Waals surface area contributed by atoms with Crippen LogP contribution in [0.4, 0.5) is 0 Å². The van der Waals surface area contributed by atoms with Gasteiger partial charge >= 0.3 is 0 Å². The fraction of sp³-hybridized carbons (Fsp3) is 0.357. The molecule has 0 radical (unpaired) electrons. The minimum absolute atomic E-state index is 0.139. The number of hydrazine groups is 1. The molecule has 2 aromatic rings. The van der Waals surface area contributed by atoms with Crippen molar-refractivity contribution < 1.29 is 4.74 Å². The summed E-state index contributed by atoms with van der Waals surface area (Å²) in [5.41, 5.74) is 4.76. The van der Waals surface area contributed by atoms with E-state index in [9.17, 15) is 0 Å². The number of methoxy groups -OCH3 is 1. The highest BCUT2D eigenvalue weighted by molar-refractivity contribution is 6.42. The van der Waals surface area contributed by atoms with Gasteiger partial charge < -0.3 is 4.74 Å². The molecular formula is C14H18Cl2N4O. The van der Waals surface area contributed by atoms with Crippen LogP contribution in [0.5, 0.6) is 5.75 Å². The summed E-state index contributed by atoms with van der Waals surface area (Å²) in [6, 6.07) is 5.41. The molecule has 0 bridgehead atoms. The molecule has 7 heteroatoms. The van der Waals surface area contributed by atoms with Crippen molar-refractivity contribution in [3.63, 3.8) is 0 Å². The molecule has 1 heterocycles. The molecule has 0 saturated carbocycles. The van der Waals surface area contributed by atoms with Crippen LogP contribution in [-0.2, 0) is 13.0 Å². The van der Waals surface area contributed by atoms with Crippen LogP contribution < -0.4 is 16.0 Å². The van der Waals surface area contributed by atoms with E-state index in [1.54, 1.807) is 19.4 Å². The normalized spacial score (nSPS) is 12.4. The minimum atomic E-state index is -0.139. The first-order chi connectivity index (χ1) is 10.1. The number of hydrogen-bond acceptors (Lipinski definition) is 4. The number of aryl methyl sites for hydroxylation is 1. The number of ether oxygens (including phenoxy) is 1. The van der Waals surface area contributed by atoms with Crippen LogP contribution in [0, 0.1) is 0 Å². The van der Waals surface area contributed by atoms with Crippen LogP contribution in [0.15, 0.2) is 24.4 Å². The lowest BCUT2D eigenvalue weighted by Gasteiger charge is -2.19. The van der Waals surface area contributed by atoms with Gasteiger partial charge in [-0.1, -0.05) is 29.3 Å². The quantitative estimate of drug-likeness (QED) is 0.632. The van der Waals surface area contributed by atoms with Crippen LogP contribution >= 0.6 is 23.2 Å². The number of nitrogens with two attached hydrogens (primary N) is 1. The maximum absolute atomic E-state index is 6.06. The Balaban J connectivity index is 2.31. The summed E-state index contributed by atoms with van der Waals surface area (Å²) in [7, 11) is 1.62. The average Bonchev–Trinajstić information content (AvgIpc) is 2.91. The van der Waals surface area contributed by atoms with Gasteiger partial charge in [0.05, 0.1) is 35.1 Å². The largest absolute Gasteiger partial charge is 0.493 e. The number of nitrogens with one attached hydrogen (secondary N) is 1. The second kappa shape index (κ2) is 7.13. The summed E-state index contributed by atoms with van der Waals surface area (Å²) in [4.78, 5) is 0. The van der Waals surface area contributed by atoms with Crippen molar-refractivity contribution in [3.05, 3.63) is 45.7 Å². The second-order valence-corrected chi connectivity index (χ2v) is 5.40. The number of nitrogens with zero attached hydrogens (tertiary/aromatic N) is 2. The molecule has 0 spiro atoms. The van der Waals surface area contributed by atoms with Gasteiger partial charge in [0.25, 0.3) is 0 Å². The average molecular weight is 329 g/mol. The topological polar surface area (TPSA) is 65.1 Å². The minimum Gasteiger partial charge on any atom is -0.493 e. The zero-order valence-corrected chi connectivity index (χ0v) is 13.4. The van der Waals surface area contributed by atoms with E-state index in [1.807, 2.05) is 23.7 Å². The predicted octanol–water partition coefficient (Wildman–Crippen LogP) is 2.97. The molecule has 2 rings (SSSR count). The summed E-state index contributed by atoms with van der Waals surface area (Å²) in [5, 5.41) is 5.36. The molecule has 5 nitrogen and oxygen atoms in total. The number of benzene rings is 1. The van der Waals surface area contributed by atoms with E-state index in [0.717, 1.165) is 17.8 Å². The summed E-state index contributed by atoms with van der Waals surface area (Å²) >= 11 is 12.0. The highest BCUT2D eigenvalue weighted by Crippen LogP contribution is 2.29. The zero-order valence-electron chi connectivity index (χ0n) is 11.9. The molecule has 0 fully saturated rings. The van der Waals surface area contributed by atoms with Crippen LogP contribution in [0.25, 0.3) is 0 Å². The molecule has 0 aliphatic heterocycles. The molecule has 0 amide bonds. The molecule has 1 aromatic carbocycles. The Morgan fingerprint density at radius 3 is 2.71 bits per heavy atom. The first kappa shape index (κ1) is 16.1. The predicted molar refractivity (Wildman–Crippen MR) is 84.7 cm³/mol. The lowest BCUT2D eigenvalue weighted by atomic mass is 10.0. The fourth-order valence-corrected chi connectivity index (χ4v) is 2.60. The Labute approximate surface area is 134 Å². The Hall–Kier alpha value is -1.27. The van der Waals surface area contributed by atoms with Crippen molar-refractivity contribution in [2.45, 2.75) is 25.9 Å². The molecule has 114 valence electrons. The van der Waals surface area contributed by atoms with E-state index in [-0.39, 0.29) is 6.04 Å². The van der Waals surface area contributed by atoms with Crippen LogP contribution in [-0.4, -0.2) is 16.9 Å². The van der Waals surface area contributed by atoms with Crippen LogP contribution in [0.1, 0.15) is 24.2 Å². The van der Waals surface area contributed by atoms with Gasteiger partial charge in [0, 0.05) is 6.54 Å². The fourth-order valence-electron chi connectivity index (χ4n) is 2.28. The van der Waals surface area contributed by atoms with Gasteiger partial charge in [-0.05, 0) is 31.0 Å². The Bertz CT molecular complexity index is 594. The van der Waals surface area contributed by atoms with E-state index < -0.39 is 0 Å². The molecule has 3 N–H and O–H groups in total. The van der Waals surface area contributed by atoms with Gasteiger partial charge in [0.15, 0.2) is 5.75 Å². The van der Waals surface area contributed by atoms with Crippen molar-refractivity contribution >= 4 is 23.2 Å². The van der Waals surface area contributed by atoms with Gasteiger partial charge in [0.1, 0.15) is 0 Å². The van der Waals surface area contributed by atoms with Gasteiger partial charge in [-0.25, -0.2) is 0 Å². The van der Waals surface area contributed by atoms with Crippen molar-refractivity contribution in [3.8, 4) is 5.75 Å². The second-order valence-electron chi connectivity index (χ2n) is 4.59. The van der Waals surface area contributed by atoms with E-state index in [2.05, 4.69) is 10.5 Å². The molecule has 21 heavy (non-hydrogen) atoms. The summed E-state index contributed by atoms with van der Waals surface area (Å²) in [5.74, 6) is 6.43. The number of halogens is 2. The van der Waals surface area contributed by atoms with E-state index >= 15 is 0 Å². The maximum atomic E-state index is 6.06. The smallest absolute Gasteiger partial charge is 0.161 e. The lowest BCUT2D eigenvalue weighted by Crippen LogP contribution is -2.31. The first-order valence-electron chi connectivity index (χ1n) is 6.60. The van der Waals surface area contributed by atoms with E-state index in [1.165, 1.54) is 0 Å². The molecule has 0 aliphatic carbocycles. The van der Waals surface area contributed by atoms with Crippen LogP contribution in [0.2, 0.25) is 10.0 Å². The standard InChI is InChI=1S/C14H18Cl2N4O/c1-3-20-14(13(21-2)8-18-20)12(19-17)7-9-4-5-10(15)11(16)6-9/h4-6,8,12,19H,3,7,17H2,1-2H3. The highest BCUT2D eigenvalue weighted by atomic mass is 35.5. The zero-order chi connectivity index (χ0) is 15.4. The third-order valence-corrected chi connectivity index (χ3v) is 4.06. The number of aromatic nitrogens is 2. The Morgan fingerprint density at radius 2 is 2.14 bits per heavy atom. The van der Waals surface area contributed by atoms with Crippen molar-refractivity contribution in [1.82, 2.24) is 15.2 Å². The summed E-state index contributed by atoms with van der Waals surface area (Å²) in [6.45, 7) is 2.75. The molecular weight excluding hydrogens is 311 g/mol. The van der Waals surface area contributed by atoms with Gasteiger partial charge in [-0.3, -0.25) is 16.0 Å². The number of hydrogen-bond donors (Lipinski definition) is 2. The molecule has 0 saturated heterocycles. The highest BCUT2D eigenvalue weighted by Gasteiger charge is 2.21. The first-order valence-corrected chi connectivity index (χ1v) is 7.36. The van der Waals surface area contributed by atoms with E-state index in [0.29, 0.717) is 22.2 Å². The van der Waals surface area contributed by atoms with Crippen molar-refractivity contribution in [2.24, 2.45) is 5.84 Å². The Morgan fingerprint density at radius 1 is 1.38 bits per heavy atom. The maximum Gasteiger partial charge on any atom is 0.161 e. The lowest BCUT2D eigenvalue weighted by molar-refractivity contribution is 0.391. The molecule has 1 unspecified atom stereocenters. The third-order valence-electron chi connectivity index (χ3n) is 3.32. The van der Waals surface area contributed by atoms with Crippen LogP contribution in [0.3, 0.4) is 0 Å². The SMILES string of the molecule is CCn1ncc(OC)c1C(Cc1ccc(Cl)c(Cl)c1)NN. The monoisotopic (exact) mass is 328 g/mol. The molecule has 1 atom stereocenters. The van der Waals surface area contributed by atoms with E-state index in [4.69, 9.17) is 33.8 Å². The molecule has 1 aromatic heterocycles. The van der Waals surface area contributed by atoms with Crippen molar-refractivity contribution in [1.29, 1.82) is 0 Å². The van der Waals surface area contributed by atoms with Gasteiger partial charge in [0.2, 0.25) is 0 Å². The molecule has 0 aliphatic rings. The van der Waals surface area contributed by atoms with Gasteiger partial charge in [-0.15, -0.1) is 0 Å². The van der Waals surface area contributed by atoms with Gasteiger partial charge in [-0.2, -0.15) is 5.10 Å². The third kappa shape index (κ3) is 3.49. The van der Waals surface area contributed by atoms with Crippen molar-refractivity contribution in [2.75, 3.05) is 7.11 Å².